The van der Waals surface area contributed by atoms with Gasteiger partial charge < -0.3 is 4.57 Å². The van der Waals surface area contributed by atoms with Crippen LogP contribution in [0.5, 0.6) is 0 Å². The predicted molar refractivity (Wildman–Crippen MR) is 82.0 cm³/mol. The van der Waals surface area contributed by atoms with Crippen molar-refractivity contribution in [3.8, 4) is 0 Å². The number of imidazole rings is 1. The van der Waals surface area contributed by atoms with Gasteiger partial charge in [-0.25, -0.2) is 15.0 Å². The Morgan fingerprint density at radius 3 is 2.86 bits per heavy atom. The quantitative estimate of drug-likeness (QED) is 0.867. The molecule has 2 aromatic rings. The predicted octanol–water partition coefficient (Wildman–Crippen LogP) is 2.21. The second-order valence-corrected chi connectivity index (χ2v) is 6.02. The summed E-state index contributed by atoms with van der Waals surface area (Å²) in [5.74, 6) is 2.59. The molecule has 0 spiro atoms. The molecule has 1 atom stereocenters. The van der Waals surface area contributed by atoms with Gasteiger partial charge in [0, 0.05) is 38.4 Å². The molecule has 3 heterocycles. The minimum absolute atomic E-state index is 0.528. The van der Waals surface area contributed by atoms with Gasteiger partial charge in [-0.15, -0.1) is 0 Å². The van der Waals surface area contributed by atoms with Crippen molar-refractivity contribution in [3.05, 3.63) is 41.5 Å². The highest BCUT2D eigenvalue weighted by molar-refractivity contribution is 5.09. The van der Waals surface area contributed by atoms with Crippen molar-refractivity contribution in [2.24, 2.45) is 7.05 Å². The van der Waals surface area contributed by atoms with E-state index in [1.807, 2.05) is 19.2 Å². The minimum atomic E-state index is 0.528. The highest BCUT2D eigenvalue weighted by Crippen LogP contribution is 2.26. The third-order valence-corrected chi connectivity index (χ3v) is 4.12. The lowest BCUT2D eigenvalue weighted by molar-refractivity contribution is 0.193. The van der Waals surface area contributed by atoms with Crippen LogP contribution in [0.15, 0.2) is 18.5 Å². The fourth-order valence-electron chi connectivity index (χ4n) is 3.25. The van der Waals surface area contributed by atoms with Crippen LogP contribution in [-0.4, -0.2) is 37.5 Å². The van der Waals surface area contributed by atoms with Crippen molar-refractivity contribution in [2.75, 3.05) is 13.1 Å². The summed E-state index contributed by atoms with van der Waals surface area (Å²) in [6.07, 6.45) is 6.41. The van der Waals surface area contributed by atoms with Gasteiger partial charge in [-0.05, 0) is 39.3 Å². The summed E-state index contributed by atoms with van der Waals surface area (Å²) in [5, 5.41) is 0. The number of piperidine rings is 1. The van der Waals surface area contributed by atoms with Gasteiger partial charge in [0.05, 0.1) is 11.4 Å². The monoisotopic (exact) mass is 285 g/mol. The molecule has 1 aliphatic heterocycles. The number of hydrogen-bond acceptors (Lipinski definition) is 4. The molecule has 0 saturated carbocycles. The zero-order valence-electron chi connectivity index (χ0n) is 13.1. The smallest absolute Gasteiger partial charge is 0.125 e. The van der Waals surface area contributed by atoms with Crippen LogP contribution in [0.25, 0.3) is 0 Å². The summed E-state index contributed by atoms with van der Waals surface area (Å²) in [6.45, 7) is 7.12. The van der Waals surface area contributed by atoms with Gasteiger partial charge in [0.25, 0.3) is 0 Å². The molecule has 1 aliphatic rings. The molecule has 0 aromatic carbocycles. The van der Waals surface area contributed by atoms with Crippen molar-refractivity contribution in [2.45, 2.75) is 39.2 Å². The van der Waals surface area contributed by atoms with Crippen LogP contribution < -0.4 is 0 Å². The van der Waals surface area contributed by atoms with Gasteiger partial charge in [0.1, 0.15) is 11.6 Å². The molecule has 0 aliphatic carbocycles. The molecule has 112 valence electrons. The van der Waals surface area contributed by atoms with Crippen LogP contribution >= 0.6 is 0 Å². The van der Waals surface area contributed by atoms with E-state index in [0.29, 0.717) is 5.92 Å². The highest BCUT2D eigenvalue weighted by Gasteiger charge is 2.24. The number of aryl methyl sites for hydroxylation is 3. The first kappa shape index (κ1) is 14.2. The molecular formula is C16H23N5. The molecule has 1 fully saturated rings. The summed E-state index contributed by atoms with van der Waals surface area (Å²) in [7, 11) is 2.10. The molecule has 21 heavy (non-hydrogen) atoms. The standard InChI is InChI=1S/C16H23N5/c1-12-9-20(3)16(18-12)14-5-4-8-21(10-14)11-15-6-7-17-13(2)19-15/h6-7,9,14H,4-5,8,10-11H2,1-3H3/t14-/m0/s1. The van der Waals surface area contributed by atoms with E-state index in [9.17, 15) is 0 Å². The van der Waals surface area contributed by atoms with Crippen LogP contribution in [0.3, 0.4) is 0 Å². The van der Waals surface area contributed by atoms with Crippen LogP contribution in [0.2, 0.25) is 0 Å². The lowest BCUT2D eigenvalue weighted by atomic mass is 9.97. The average Bonchev–Trinajstić information content (AvgIpc) is 2.78. The van der Waals surface area contributed by atoms with Crippen LogP contribution in [-0.2, 0) is 13.6 Å². The molecule has 0 N–H and O–H groups in total. The lowest BCUT2D eigenvalue weighted by Gasteiger charge is -2.32. The normalized spacial score (nSPS) is 19.9. The van der Waals surface area contributed by atoms with Crippen molar-refractivity contribution in [1.29, 1.82) is 0 Å². The zero-order chi connectivity index (χ0) is 14.8. The first-order chi connectivity index (χ1) is 10.1. The van der Waals surface area contributed by atoms with E-state index in [1.54, 1.807) is 0 Å². The van der Waals surface area contributed by atoms with Crippen molar-refractivity contribution in [3.63, 3.8) is 0 Å². The molecule has 0 bridgehead atoms. The Bertz CT molecular complexity index is 619. The largest absolute Gasteiger partial charge is 0.337 e. The molecule has 1 saturated heterocycles. The fourth-order valence-corrected chi connectivity index (χ4v) is 3.25. The van der Waals surface area contributed by atoms with E-state index in [4.69, 9.17) is 4.98 Å². The van der Waals surface area contributed by atoms with E-state index in [-0.39, 0.29) is 0 Å². The second-order valence-electron chi connectivity index (χ2n) is 6.02. The molecule has 3 rings (SSSR count). The van der Waals surface area contributed by atoms with Crippen LogP contribution in [0.1, 0.15) is 41.8 Å². The SMILES string of the molecule is Cc1cn(C)c([C@H]2CCCN(Cc3ccnc(C)n3)C2)n1. The summed E-state index contributed by atoms with van der Waals surface area (Å²) in [4.78, 5) is 15.9. The summed E-state index contributed by atoms with van der Waals surface area (Å²) >= 11 is 0. The number of rotatable bonds is 3. The first-order valence-electron chi connectivity index (χ1n) is 7.62. The van der Waals surface area contributed by atoms with Crippen LogP contribution in [0, 0.1) is 13.8 Å². The second kappa shape index (κ2) is 5.93. The van der Waals surface area contributed by atoms with E-state index < -0.39 is 0 Å². The minimum Gasteiger partial charge on any atom is -0.337 e. The molecule has 0 amide bonds. The third kappa shape index (κ3) is 3.29. The number of nitrogens with zero attached hydrogens (tertiary/aromatic N) is 5. The van der Waals surface area contributed by atoms with Crippen LogP contribution in [0.4, 0.5) is 0 Å². The van der Waals surface area contributed by atoms with Gasteiger partial charge in [0.2, 0.25) is 0 Å². The van der Waals surface area contributed by atoms with E-state index >= 15 is 0 Å². The molecule has 5 heteroatoms. The lowest BCUT2D eigenvalue weighted by Crippen LogP contribution is -2.35. The third-order valence-electron chi connectivity index (χ3n) is 4.12. The van der Waals surface area contributed by atoms with Crippen molar-refractivity contribution in [1.82, 2.24) is 24.4 Å². The molecule has 5 nitrogen and oxygen atoms in total. The summed E-state index contributed by atoms with van der Waals surface area (Å²) < 4.78 is 2.18. The maximum absolute atomic E-state index is 4.70. The maximum Gasteiger partial charge on any atom is 0.125 e. The van der Waals surface area contributed by atoms with Gasteiger partial charge in [0.15, 0.2) is 0 Å². The molecule has 0 radical (unpaired) electrons. The fraction of sp³-hybridized carbons (Fsp3) is 0.562. The maximum atomic E-state index is 4.70. The van der Waals surface area contributed by atoms with Crippen molar-refractivity contribution < 1.29 is 0 Å². The number of hydrogen-bond donors (Lipinski definition) is 0. The number of likely N-dealkylation sites (tertiary alicyclic amines) is 1. The highest BCUT2D eigenvalue weighted by atomic mass is 15.2. The Kier molecular flexibility index (Phi) is 4.01. The topological polar surface area (TPSA) is 46.8 Å². The summed E-state index contributed by atoms with van der Waals surface area (Å²) in [5.41, 5.74) is 2.22. The molecule has 2 aromatic heterocycles. The average molecular weight is 285 g/mol. The molecule has 0 unspecified atom stereocenters. The van der Waals surface area contributed by atoms with Gasteiger partial charge in [-0.2, -0.15) is 0 Å². The van der Waals surface area contributed by atoms with E-state index in [0.717, 1.165) is 36.8 Å². The van der Waals surface area contributed by atoms with E-state index in [1.165, 1.54) is 18.7 Å². The van der Waals surface area contributed by atoms with E-state index in [2.05, 4.69) is 39.6 Å². The van der Waals surface area contributed by atoms with Crippen molar-refractivity contribution >= 4 is 0 Å². The van der Waals surface area contributed by atoms with Gasteiger partial charge in [-0.1, -0.05) is 0 Å². The number of aromatic nitrogens is 4. The Morgan fingerprint density at radius 2 is 2.14 bits per heavy atom. The summed E-state index contributed by atoms with van der Waals surface area (Å²) in [6, 6.07) is 2.02. The van der Waals surface area contributed by atoms with Gasteiger partial charge in [-0.3, -0.25) is 4.90 Å². The Labute approximate surface area is 126 Å². The van der Waals surface area contributed by atoms with Gasteiger partial charge >= 0.3 is 0 Å². The Hall–Kier alpha value is -1.75. The Morgan fingerprint density at radius 1 is 1.29 bits per heavy atom. The zero-order valence-corrected chi connectivity index (χ0v) is 13.1. The molecular weight excluding hydrogens is 262 g/mol. The Balaban J connectivity index is 1.70. The first-order valence-corrected chi connectivity index (χ1v) is 7.62.